The first-order valence-electron chi connectivity index (χ1n) is 12.0. The Morgan fingerprint density at radius 2 is 1.30 bits per heavy atom. The van der Waals surface area contributed by atoms with Gasteiger partial charge in [-0.1, -0.05) is 91.0 Å². The molecule has 0 aliphatic rings. The summed E-state index contributed by atoms with van der Waals surface area (Å²) in [4.78, 5) is 28.5. The molecule has 1 atom stereocenters. The molecule has 0 bridgehead atoms. The summed E-state index contributed by atoms with van der Waals surface area (Å²) >= 11 is 0. The van der Waals surface area contributed by atoms with Crippen LogP contribution in [0.3, 0.4) is 0 Å². The maximum atomic E-state index is 13.8. The van der Waals surface area contributed by atoms with Gasteiger partial charge in [0.2, 0.25) is 21.8 Å². The van der Waals surface area contributed by atoms with Gasteiger partial charge in [0.15, 0.2) is 0 Å². The van der Waals surface area contributed by atoms with E-state index < -0.39 is 34.4 Å². The van der Waals surface area contributed by atoms with Gasteiger partial charge in [-0.15, -0.1) is 0 Å². The highest BCUT2D eigenvalue weighted by molar-refractivity contribution is 7.88. The Morgan fingerprint density at radius 3 is 1.78 bits per heavy atom. The molecule has 2 amide bonds. The predicted molar refractivity (Wildman–Crippen MR) is 143 cm³/mol. The van der Waals surface area contributed by atoms with Crippen LogP contribution >= 0.6 is 0 Å². The normalized spacial score (nSPS) is 12.2. The number of aliphatic hydroxyl groups excluding tert-OH is 1. The van der Waals surface area contributed by atoms with Crippen molar-refractivity contribution in [1.29, 1.82) is 0 Å². The van der Waals surface area contributed by atoms with E-state index >= 15 is 0 Å². The smallest absolute Gasteiger partial charge is 0.243 e. The number of hydrogen-bond acceptors (Lipinski definition) is 5. The Labute approximate surface area is 218 Å². The van der Waals surface area contributed by atoms with Crippen molar-refractivity contribution < 1.29 is 23.1 Å². The Morgan fingerprint density at radius 1 is 0.811 bits per heavy atom. The summed E-state index contributed by atoms with van der Waals surface area (Å²) in [7, 11) is -3.73. The van der Waals surface area contributed by atoms with Gasteiger partial charge in [-0.3, -0.25) is 9.59 Å². The standard InChI is InChI=1S/C28H33N3O5S/c1-37(35,36)30(20-24-13-7-3-8-14-24)22-27(33)31(21-25-15-9-4-10-16-25)26(28(34)29-17-18-32)19-23-11-5-2-6-12-23/h2-16,26,32H,17-22H2,1H3,(H,29,34). The van der Waals surface area contributed by atoms with E-state index in [1.54, 1.807) is 24.3 Å². The highest BCUT2D eigenvalue weighted by Crippen LogP contribution is 2.17. The van der Waals surface area contributed by atoms with Gasteiger partial charge < -0.3 is 15.3 Å². The number of carbonyl (C=O) groups excluding carboxylic acids is 2. The van der Waals surface area contributed by atoms with Gasteiger partial charge in [0.25, 0.3) is 0 Å². The maximum absolute atomic E-state index is 13.8. The van der Waals surface area contributed by atoms with E-state index in [1.165, 1.54) is 4.90 Å². The molecule has 196 valence electrons. The van der Waals surface area contributed by atoms with Crippen LogP contribution in [-0.2, 0) is 39.1 Å². The molecule has 3 rings (SSSR count). The van der Waals surface area contributed by atoms with Gasteiger partial charge >= 0.3 is 0 Å². The third-order valence-electron chi connectivity index (χ3n) is 5.86. The third-order valence-corrected chi connectivity index (χ3v) is 7.06. The maximum Gasteiger partial charge on any atom is 0.243 e. The molecule has 1 unspecified atom stereocenters. The first kappa shape index (κ1) is 28.0. The molecule has 0 radical (unpaired) electrons. The zero-order valence-electron chi connectivity index (χ0n) is 20.9. The minimum atomic E-state index is -3.73. The molecule has 0 aliphatic carbocycles. The molecule has 0 saturated heterocycles. The summed E-state index contributed by atoms with van der Waals surface area (Å²) in [6, 6.07) is 26.7. The van der Waals surface area contributed by atoms with Crippen LogP contribution < -0.4 is 5.32 Å². The van der Waals surface area contributed by atoms with Crippen LogP contribution in [0.15, 0.2) is 91.0 Å². The average molecular weight is 524 g/mol. The summed E-state index contributed by atoms with van der Waals surface area (Å²) in [6.45, 7) is -0.466. The fourth-order valence-corrected chi connectivity index (χ4v) is 4.68. The number of nitrogens with zero attached hydrogens (tertiary/aromatic N) is 2. The lowest BCUT2D eigenvalue weighted by molar-refractivity contribution is -0.141. The zero-order chi connectivity index (χ0) is 26.7. The van der Waals surface area contributed by atoms with Crippen molar-refractivity contribution in [3.05, 3.63) is 108 Å². The van der Waals surface area contributed by atoms with E-state index in [4.69, 9.17) is 0 Å². The third kappa shape index (κ3) is 8.82. The lowest BCUT2D eigenvalue weighted by atomic mass is 10.0. The van der Waals surface area contributed by atoms with Crippen molar-refractivity contribution >= 4 is 21.8 Å². The molecule has 9 heteroatoms. The molecule has 2 N–H and O–H groups in total. The van der Waals surface area contributed by atoms with Gasteiger partial charge in [-0.2, -0.15) is 4.31 Å². The second-order valence-electron chi connectivity index (χ2n) is 8.74. The molecule has 0 aliphatic heterocycles. The van der Waals surface area contributed by atoms with Gasteiger partial charge in [0, 0.05) is 26.1 Å². The lowest BCUT2D eigenvalue weighted by Crippen LogP contribution is -2.53. The van der Waals surface area contributed by atoms with Crippen molar-refractivity contribution in [3.8, 4) is 0 Å². The Bertz CT molecular complexity index is 1240. The first-order valence-corrected chi connectivity index (χ1v) is 13.9. The molecule has 0 fully saturated rings. The van der Waals surface area contributed by atoms with Crippen LogP contribution in [0, 0.1) is 0 Å². The minimum Gasteiger partial charge on any atom is -0.395 e. The average Bonchev–Trinajstić information content (AvgIpc) is 2.90. The zero-order valence-corrected chi connectivity index (χ0v) is 21.7. The Hall–Kier alpha value is -3.53. The molecule has 3 aromatic carbocycles. The SMILES string of the molecule is CS(=O)(=O)N(CC(=O)N(Cc1ccccc1)C(Cc1ccccc1)C(=O)NCCO)Cc1ccccc1. The van der Waals surface area contributed by atoms with E-state index in [2.05, 4.69) is 5.32 Å². The number of amides is 2. The predicted octanol–water partition coefficient (Wildman–Crippen LogP) is 2.20. The van der Waals surface area contributed by atoms with E-state index in [9.17, 15) is 23.1 Å². The number of aliphatic hydroxyl groups is 1. The van der Waals surface area contributed by atoms with Crippen molar-refractivity contribution in [2.75, 3.05) is 26.0 Å². The summed E-state index contributed by atoms with van der Waals surface area (Å²) in [5, 5.41) is 11.9. The van der Waals surface area contributed by atoms with Crippen LogP contribution in [0.2, 0.25) is 0 Å². The quantitative estimate of drug-likeness (QED) is 0.357. The fourth-order valence-electron chi connectivity index (χ4n) is 3.95. The molecule has 0 saturated carbocycles. The van der Waals surface area contributed by atoms with Crippen molar-refractivity contribution in [3.63, 3.8) is 0 Å². The number of benzene rings is 3. The van der Waals surface area contributed by atoms with Crippen molar-refractivity contribution in [1.82, 2.24) is 14.5 Å². The van der Waals surface area contributed by atoms with Crippen molar-refractivity contribution in [2.24, 2.45) is 0 Å². The van der Waals surface area contributed by atoms with E-state index in [0.717, 1.165) is 27.3 Å². The van der Waals surface area contributed by atoms with Crippen LogP contribution in [0.1, 0.15) is 16.7 Å². The molecule has 8 nitrogen and oxygen atoms in total. The van der Waals surface area contributed by atoms with E-state index in [1.807, 2.05) is 66.7 Å². The molecular formula is C28H33N3O5S. The number of hydrogen-bond donors (Lipinski definition) is 2. The number of sulfonamides is 1. The van der Waals surface area contributed by atoms with Gasteiger partial charge in [-0.25, -0.2) is 8.42 Å². The lowest BCUT2D eigenvalue weighted by Gasteiger charge is -2.33. The number of rotatable bonds is 13. The number of nitrogens with one attached hydrogen (secondary N) is 1. The van der Waals surface area contributed by atoms with E-state index in [0.29, 0.717) is 0 Å². The summed E-state index contributed by atoms with van der Waals surface area (Å²) in [5.41, 5.74) is 2.40. The minimum absolute atomic E-state index is 0.0324. The highest BCUT2D eigenvalue weighted by Gasteiger charge is 2.32. The number of carbonyl (C=O) groups is 2. The summed E-state index contributed by atoms with van der Waals surface area (Å²) < 4.78 is 26.4. The van der Waals surface area contributed by atoms with Crippen LogP contribution in [0.25, 0.3) is 0 Å². The molecule has 0 heterocycles. The summed E-state index contributed by atoms with van der Waals surface area (Å²) in [5.74, 6) is -0.915. The second-order valence-corrected chi connectivity index (χ2v) is 10.7. The van der Waals surface area contributed by atoms with Crippen molar-refractivity contribution in [2.45, 2.75) is 25.6 Å². The topological polar surface area (TPSA) is 107 Å². The molecule has 3 aromatic rings. The van der Waals surface area contributed by atoms with Crippen LogP contribution in [0.4, 0.5) is 0 Å². The molecule has 0 aromatic heterocycles. The largest absolute Gasteiger partial charge is 0.395 e. The van der Waals surface area contributed by atoms with Gasteiger partial charge in [0.1, 0.15) is 6.04 Å². The second kappa shape index (κ2) is 13.7. The van der Waals surface area contributed by atoms with E-state index in [-0.39, 0.29) is 32.7 Å². The highest BCUT2D eigenvalue weighted by atomic mass is 32.2. The Kier molecular flexibility index (Phi) is 10.4. The molecular weight excluding hydrogens is 490 g/mol. The first-order chi connectivity index (χ1) is 17.8. The Balaban J connectivity index is 1.95. The fraction of sp³-hybridized carbons (Fsp3) is 0.286. The van der Waals surface area contributed by atoms with Gasteiger partial charge in [0.05, 0.1) is 19.4 Å². The molecule has 37 heavy (non-hydrogen) atoms. The summed E-state index contributed by atoms with van der Waals surface area (Å²) in [6.07, 6.45) is 1.30. The monoisotopic (exact) mass is 523 g/mol. The molecule has 0 spiro atoms. The van der Waals surface area contributed by atoms with Crippen LogP contribution in [-0.4, -0.2) is 66.5 Å². The van der Waals surface area contributed by atoms with Gasteiger partial charge in [-0.05, 0) is 16.7 Å². The van der Waals surface area contributed by atoms with Crippen LogP contribution in [0.5, 0.6) is 0 Å².